The van der Waals surface area contributed by atoms with Crippen molar-refractivity contribution < 1.29 is 0 Å². The van der Waals surface area contributed by atoms with Crippen molar-refractivity contribution in [2.45, 2.75) is 6.54 Å². The molecule has 0 saturated heterocycles. The highest BCUT2D eigenvalue weighted by molar-refractivity contribution is 5.57. The van der Waals surface area contributed by atoms with Crippen molar-refractivity contribution in [1.82, 2.24) is 19.7 Å². The maximum Gasteiger partial charge on any atom is 0.181 e. The lowest BCUT2D eigenvalue weighted by Crippen LogP contribution is -2.00. The van der Waals surface area contributed by atoms with Gasteiger partial charge in [-0.3, -0.25) is 4.98 Å². The molecule has 5 heteroatoms. The standard InChI is InChI=1S/C14H13N5/c15-13-5-3-12(4-6-13)14-17-10-19(18-14)9-11-2-1-7-16-8-11/h1-8,10H,9,15H2. The molecule has 0 aliphatic rings. The average molecular weight is 251 g/mol. The van der Waals surface area contributed by atoms with Gasteiger partial charge in [0.15, 0.2) is 5.82 Å². The normalized spacial score (nSPS) is 10.5. The van der Waals surface area contributed by atoms with Crippen LogP contribution >= 0.6 is 0 Å². The molecule has 0 spiro atoms. The van der Waals surface area contributed by atoms with Crippen LogP contribution in [0.3, 0.4) is 0 Å². The monoisotopic (exact) mass is 251 g/mol. The molecule has 0 saturated carbocycles. The first-order valence-electron chi connectivity index (χ1n) is 5.95. The van der Waals surface area contributed by atoms with E-state index in [9.17, 15) is 0 Å². The summed E-state index contributed by atoms with van der Waals surface area (Å²) in [5.74, 6) is 0.698. The Kier molecular flexibility index (Phi) is 2.94. The fraction of sp³-hybridized carbons (Fsp3) is 0.0714. The van der Waals surface area contributed by atoms with Crippen molar-refractivity contribution in [2.75, 3.05) is 5.73 Å². The molecule has 3 aromatic rings. The molecule has 0 amide bonds. The van der Waals surface area contributed by atoms with E-state index in [1.807, 2.05) is 42.6 Å². The van der Waals surface area contributed by atoms with Gasteiger partial charge in [0.2, 0.25) is 0 Å². The zero-order valence-electron chi connectivity index (χ0n) is 10.3. The SMILES string of the molecule is Nc1ccc(-c2ncn(Cc3cccnc3)n2)cc1. The Morgan fingerprint density at radius 1 is 1.11 bits per heavy atom. The Morgan fingerprint density at radius 2 is 1.95 bits per heavy atom. The predicted molar refractivity (Wildman–Crippen MR) is 73.2 cm³/mol. The third-order valence-corrected chi connectivity index (χ3v) is 2.77. The molecule has 0 aliphatic carbocycles. The lowest BCUT2D eigenvalue weighted by atomic mass is 10.2. The molecule has 3 rings (SSSR count). The quantitative estimate of drug-likeness (QED) is 0.722. The van der Waals surface area contributed by atoms with Crippen molar-refractivity contribution in [1.29, 1.82) is 0 Å². The summed E-state index contributed by atoms with van der Waals surface area (Å²) in [4.78, 5) is 8.38. The van der Waals surface area contributed by atoms with Crippen molar-refractivity contribution >= 4 is 5.69 Å². The van der Waals surface area contributed by atoms with Crippen LogP contribution in [0.2, 0.25) is 0 Å². The van der Waals surface area contributed by atoms with Crippen LogP contribution in [-0.2, 0) is 6.54 Å². The van der Waals surface area contributed by atoms with Crippen LogP contribution in [0.25, 0.3) is 11.4 Å². The van der Waals surface area contributed by atoms with Gasteiger partial charge < -0.3 is 5.73 Å². The van der Waals surface area contributed by atoms with Gasteiger partial charge in [0.1, 0.15) is 6.33 Å². The molecule has 1 aromatic carbocycles. The minimum Gasteiger partial charge on any atom is -0.399 e. The van der Waals surface area contributed by atoms with Gasteiger partial charge in [-0.2, -0.15) is 5.10 Å². The summed E-state index contributed by atoms with van der Waals surface area (Å²) in [6.07, 6.45) is 5.30. The first kappa shape index (κ1) is 11.4. The summed E-state index contributed by atoms with van der Waals surface area (Å²) in [6, 6.07) is 11.4. The number of nitrogens with zero attached hydrogens (tertiary/aromatic N) is 4. The van der Waals surface area contributed by atoms with E-state index < -0.39 is 0 Å². The molecule has 0 radical (unpaired) electrons. The Labute approximate surface area is 110 Å². The first-order valence-corrected chi connectivity index (χ1v) is 5.95. The Morgan fingerprint density at radius 3 is 2.68 bits per heavy atom. The van der Waals surface area contributed by atoms with E-state index >= 15 is 0 Å². The largest absolute Gasteiger partial charge is 0.399 e. The summed E-state index contributed by atoms with van der Waals surface area (Å²) in [5, 5.41) is 4.44. The third kappa shape index (κ3) is 2.60. The van der Waals surface area contributed by atoms with Gasteiger partial charge in [-0.1, -0.05) is 6.07 Å². The third-order valence-electron chi connectivity index (χ3n) is 2.77. The molecule has 94 valence electrons. The van der Waals surface area contributed by atoms with E-state index in [-0.39, 0.29) is 0 Å². The smallest absolute Gasteiger partial charge is 0.181 e. The van der Waals surface area contributed by atoms with Gasteiger partial charge in [-0.05, 0) is 35.9 Å². The topological polar surface area (TPSA) is 69.6 Å². The van der Waals surface area contributed by atoms with Gasteiger partial charge in [0.25, 0.3) is 0 Å². The van der Waals surface area contributed by atoms with E-state index in [2.05, 4.69) is 15.1 Å². The Balaban J connectivity index is 1.82. The van der Waals surface area contributed by atoms with Crippen LogP contribution in [0.4, 0.5) is 5.69 Å². The first-order chi connectivity index (χ1) is 9.31. The lowest BCUT2D eigenvalue weighted by Gasteiger charge is -1.99. The maximum absolute atomic E-state index is 5.66. The van der Waals surface area contributed by atoms with Crippen LogP contribution in [0.1, 0.15) is 5.56 Å². The van der Waals surface area contributed by atoms with Gasteiger partial charge in [0.05, 0.1) is 6.54 Å². The summed E-state index contributed by atoms with van der Waals surface area (Å²) in [6.45, 7) is 0.663. The van der Waals surface area contributed by atoms with Gasteiger partial charge >= 0.3 is 0 Å². The van der Waals surface area contributed by atoms with Crippen molar-refractivity contribution in [3.8, 4) is 11.4 Å². The van der Waals surface area contributed by atoms with Crippen molar-refractivity contribution in [3.63, 3.8) is 0 Å². The molecule has 2 N–H and O–H groups in total. The number of rotatable bonds is 3. The minimum atomic E-state index is 0.663. The highest BCUT2D eigenvalue weighted by atomic mass is 15.3. The lowest BCUT2D eigenvalue weighted by molar-refractivity contribution is 0.685. The average Bonchev–Trinajstić information content (AvgIpc) is 2.89. The molecular weight excluding hydrogens is 238 g/mol. The zero-order valence-corrected chi connectivity index (χ0v) is 10.3. The molecule has 0 atom stereocenters. The highest BCUT2D eigenvalue weighted by Crippen LogP contribution is 2.16. The maximum atomic E-state index is 5.66. The molecular formula is C14H13N5. The second-order valence-corrected chi connectivity index (χ2v) is 4.25. The van der Waals surface area contributed by atoms with Crippen LogP contribution in [0.15, 0.2) is 55.1 Å². The van der Waals surface area contributed by atoms with E-state index in [4.69, 9.17) is 5.73 Å². The van der Waals surface area contributed by atoms with Gasteiger partial charge in [-0.15, -0.1) is 0 Å². The van der Waals surface area contributed by atoms with Crippen LogP contribution in [0, 0.1) is 0 Å². The fourth-order valence-electron chi connectivity index (χ4n) is 1.81. The summed E-state index contributed by atoms with van der Waals surface area (Å²) in [5.41, 5.74) is 8.45. The predicted octanol–water partition coefficient (Wildman–Crippen LogP) is 1.97. The molecule has 0 aliphatic heterocycles. The van der Waals surface area contributed by atoms with Crippen molar-refractivity contribution in [3.05, 3.63) is 60.7 Å². The fourth-order valence-corrected chi connectivity index (χ4v) is 1.81. The van der Waals surface area contributed by atoms with E-state index in [1.165, 1.54) is 0 Å². The van der Waals surface area contributed by atoms with E-state index in [1.54, 1.807) is 17.2 Å². The number of aromatic nitrogens is 4. The Hall–Kier alpha value is -2.69. The van der Waals surface area contributed by atoms with E-state index in [0.717, 1.165) is 16.8 Å². The number of nitrogen functional groups attached to an aromatic ring is 1. The molecule has 5 nitrogen and oxygen atoms in total. The summed E-state index contributed by atoms with van der Waals surface area (Å²) < 4.78 is 1.79. The van der Waals surface area contributed by atoms with Crippen LogP contribution in [-0.4, -0.2) is 19.7 Å². The summed E-state index contributed by atoms with van der Waals surface area (Å²) in [7, 11) is 0. The van der Waals surface area contributed by atoms with Gasteiger partial charge in [-0.25, -0.2) is 9.67 Å². The molecule has 2 heterocycles. The minimum absolute atomic E-state index is 0.663. The molecule has 19 heavy (non-hydrogen) atoms. The number of benzene rings is 1. The molecule has 2 aromatic heterocycles. The Bertz CT molecular complexity index is 658. The van der Waals surface area contributed by atoms with Crippen LogP contribution < -0.4 is 5.73 Å². The zero-order chi connectivity index (χ0) is 13.1. The summed E-state index contributed by atoms with van der Waals surface area (Å²) >= 11 is 0. The second-order valence-electron chi connectivity index (χ2n) is 4.25. The number of pyridine rings is 1. The molecule has 0 bridgehead atoms. The second kappa shape index (κ2) is 4.89. The molecule has 0 unspecified atom stereocenters. The molecule has 0 fully saturated rings. The van der Waals surface area contributed by atoms with E-state index in [0.29, 0.717) is 12.4 Å². The van der Waals surface area contributed by atoms with Crippen LogP contribution in [0.5, 0.6) is 0 Å². The number of nitrogens with two attached hydrogens (primary N) is 1. The number of hydrogen-bond donors (Lipinski definition) is 1. The highest BCUT2D eigenvalue weighted by Gasteiger charge is 2.04. The van der Waals surface area contributed by atoms with Gasteiger partial charge in [0, 0.05) is 23.6 Å². The number of hydrogen-bond acceptors (Lipinski definition) is 4. The van der Waals surface area contributed by atoms with Crippen molar-refractivity contribution in [2.24, 2.45) is 0 Å². The number of anilines is 1.